The molecule has 7 heteroatoms. The molecular weight excluding hydrogens is 384 g/mol. The van der Waals surface area contributed by atoms with Crippen molar-refractivity contribution in [2.45, 2.75) is 56.8 Å². The standard InChI is InChI=1S/C22H30N4O2S/c1-16-13-26(14-17(2)28-16)21-22(24-19-10-6-5-9-18(19)23-21)29-15-20(27)25-11-7-3-4-8-12-25/h5-6,9-10,16-17H,3-4,7-8,11-15H2,1-2H3/t16-,17-/m0/s1. The zero-order valence-electron chi connectivity index (χ0n) is 17.3. The van der Waals surface area contributed by atoms with Gasteiger partial charge in [0.25, 0.3) is 0 Å². The molecule has 4 rings (SSSR count). The summed E-state index contributed by atoms with van der Waals surface area (Å²) in [5, 5.41) is 0.841. The zero-order valence-corrected chi connectivity index (χ0v) is 18.2. The minimum Gasteiger partial charge on any atom is -0.372 e. The molecule has 0 saturated carbocycles. The van der Waals surface area contributed by atoms with Gasteiger partial charge < -0.3 is 14.5 Å². The first-order valence-electron chi connectivity index (χ1n) is 10.7. The maximum absolute atomic E-state index is 12.8. The van der Waals surface area contributed by atoms with Crippen molar-refractivity contribution in [1.29, 1.82) is 0 Å². The van der Waals surface area contributed by atoms with Gasteiger partial charge in [0.15, 0.2) is 5.82 Å². The van der Waals surface area contributed by atoms with Crippen LogP contribution >= 0.6 is 11.8 Å². The van der Waals surface area contributed by atoms with E-state index in [0.717, 1.165) is 60.9 Å². The van der Waals surface area contributed by atoms with E-state index in [2.05, 4.69) is 18.7 Å². The van der Waals surface area contributed by atoms with Crippen LogP contribution in [0.25, 0.3) is 11.0 Å². The van der Waals surface area contributed by atoms with Gasteiger partial charge in [0.1, 0.15) is 5.03 Å². The largest absolute Gasteiger partial charge is 0.372 e. The molecule has 2 aliphatic rings. The Balaban J connectivity index is 1.57. The number of nitrogens with zero attached hydrogens (tertiary/aromatic N) is 4. The number of amides is 1. The molecule has 29 heavy (non-hydrogen) atoms. The van der Waals surface area contributed by atoms with E-state index in [1.807, 2.05) is 29.2 Å². The summed E-state index contributed by atoms with van der Waals surface area (Å²) in [5.41, 5.74) is 1.76. The van der Waals surface area contributed by atoms with Crippen LogP contribution in [0.3, 0.4) is 0 Å². The lowest BCUT2D eigenvalue weighted by atomic mass is 10.2. The Labute approximate surface area is 177 Å². The average molecular weight is 415 g/mol. The van der Waals surface area contributed by atoms with Gasteiger partial charge in [0, 0.05) is 26.2 Å². The van der Waals surface area contributed by atoms with Crippen molar-refractivity contribution < 1.29 is 9.53 Å². The number of hydrogen-bond acceptors (Lipinski definition) is 6. The highest BCUT2D eigenvalue weighted by atomic mass is 32.2. The van der Waals surface area contributed by atoms with Crippen molar-refractivity contribution in [1.82, 2.24) is 14.9 Å². The third-order valence-corrected chi connectivity index (χ3v) is 6.47. The number of ether oxygens (including phenoxy) is 1. The van der Waals surface area contributed by atoms with Crippen LogP contribution in [0.4, 0.5) is 5.82 Å². The number of likely N-dealkylation sites (tertiary alicyclic amines) is 1. The number of rotatable bonds is 4. The molecule has 0 aliphatic carbocycles. The monoisotopic (exact) mass is 414 g/mol. The maximum Gasteiger partial charge on any atom is 0.232 e. The lowest BCUT2D eigenvalue weighted by Gasteiger charge is -2.36. The van der Waals surface area contributed by atoms with E-state index in [1.165, 1.54) is 24.6 Å². The summed E-state index contributed by atoms with van der Waals surface area (Å²) in [5.74, 6) is 1.50. The zero-order chi connectivity index (χ0) is 20.2. The smallest absolute Gasteiger partial charge is 0.232 e. The average Bonchev–Trinajstić information content (AvgIpc) is 3.00. The van der Waals surface area contributed by atoms with Crippen LogP contribution in [0.1, 0.15) is 39.5 Å². The molecule has 2 aliphatic heterocycles. The summed E-state index contributed by atoms with van der Waals surface area (Å²) < 4.78 is 5.90. The van der Waals surface area contributed by atoms with E-state index in [9.17, 15) is 4.79 Å². The molecule has 1 aromatic carbocycles. The predicted octanol–water partition coefficient (Wildman–Crippen LogP) is 3.74. The van der Waals surface area contributed by atoms with Gasteiger partial charge in [-0.05, 0) is 38.8 Å². The molecule has 2 aromatic rings. The second-order valence-corrected chi connectivity index (χ2v) is 9.05. The Morgan fingerprint density at radius 2 is 1.66 bits per heavy atom. The molecule has 2 fully saturated rings. The highest BCUT2D eigenvalue weighted by Gasteiger charge is 2.27. The highest BCUT2D eigenvalue weighted by molar-refractivity contribution is 8.00. The van der Waals surface area contributed by atoms with Crippen LogP contribution in [0.5, 0.6) is 0 Å². The summed E-state index contributed by atoms with van der Waals surface area (Å²) in [6, 6.07) is 7.95. The van der Waals surface area contributed by atoms with E-state index in [1.54, 1.807) is 0 Å². The number of benzene rings is 1. The molecular formula is C22H30N4O2S. The van der Waals surface area contributed by atoms with Crippen molar-refractivity contribution >= 4 is 34.5 Å². The first kappa shape index (κ1) is 20.4. The molecule has 6 nitrogen and oxygen atoms in total. The lowest BCUT2D eigenvalue weighted by Crippen LogP contribution is -2.46. The van der Waals surface area contributed by atoms with E-state index in [0.29, 0.717) is 5.75 Å². The molecule has 1 aromatic heterocycles. The number of aromatic nitrogens is 2. The van der Waals surface area contributed by atoms with Gasteiger partial charge in [0.05, 0.1) is 29.0 Å². The molecule has 0 spiro atoms. The van der Waals surface area contributed by atoms with Crippen molar-refractivity contribution in [2.24, 2.45) is 0 Å². The van der Waals surface area contributed by atoms with Crippen LogP contribution < -0.4 is 4.90 Å². The first-order chi connectivity index (χ1) is 14.1. The van der Waals surface area contributed by atoms with E-state index < -0.39 is 0 Å². The van der Waals surface area contributed by atoms with Crippen molar-refractivity contribution in [2.75, 3.05) is 36.8 Å². The first-order valence-corrected chi connectivity index (χ1v) is 11.7. The Hall–Kier alpha value is -1.86. The van der Waals surface area contributed by atoms with Gasteiger partial charge >= 0.3 is 0 Å². The number of para-hydroxylation sites is 2. The Kier molecular flexibility index (Phi) is 6.55. The fourth-order valence-corrected chi connectivity index (χ4v) is 5.08. The Morgan fingerprint density at radius 1 is 1.03 bits per heavy atom. The van der Waals surface area contributed by atoms with Gasteiger partial charge in [-0.2, -0.15) is 0 Å². The molecule has 0 bridgehead atoms. The van der Waals surface area contributed by atoms with Crippen LogP contribution in [0.15, 0.2) is 29.3 Å². The van der Waals surface area contributed by atoms with E-state index >= 15 is 0 Å². The second-order valence-electron chi connectivity index (χ2n) is 8.09. The summed E-state index contributed by atoms with van der Waals surface area (Å²) in [4.78, 5) is 26.9. The minimum atomic E-state index is 0.142. The highest BCUT2D eigenvalue weighted by Crippen LogP contribution is 2.31. The van der Waals surface area contributed by atoms with Crippen molar-refractivity contribution in [3.63, 3.8) is 0 Å². The number of fused-ring (bicyclic) bond motifs is 1. The number of anilines is 1. The number of hydrogen-bond donors (Lipinski definition) is 0. The fraction of sp³-hybridized carbons (Fsp3) is 0.591. The number of thioether (sulfide) groups is 1. The lowest BCUT2D eigenvalue weighted by molar-refractivity contribution is -0.128. The molecule has 2 atom stereocenters. The molecule has 156 valence electrons. The second kappa shape index (κ2) is 9.30. The number of carbonyl (C=O) groups is 1. The van der Waals surface area contributed by atoms with Gasteiger partial charge in [-0.25, -0.2) is 9.97 Å². The summed E-state index contributed by atoms with van der Waals surface area (Å²) in [6.07, 6.45) is 4.96. The normalized spacial score (nSPS) is 23.2. The SMILES string of the molecule is C[C@H]1CN(c2nc3ccccc3nc2SCC(=O)N2CCCCCC2)C[C@H](C)O1. The molecule has 2 saturated heterocycles. The summed E-state index contributed by atoms with van der Waals surface area (Å²) in [6.45, 7) is 7.51. The van der Waals surface area contributed by atoms with Gasteiger partial charge in [-0.15, -0.1) is 0 Å². The summed E-state index contributed by atoms with van der Waals surface area (Å²) in [7, 11) is 0. The quantitative estimate of drug-likeness (QED) is 0.711. The number of carbonyl (C=O) groups excluding carboxylic acids is 1. The maximum atomic E-state index is 12.8. The van der Waals surface area contributed by atoms with Gasteiger partial charge in [-0.3, -0.25) is 4.79 Å². The van der Waals surface area contributed by atoms with E-state index in [-0.39, 0.29) is 18.1 Å². The third kappa shape index (κ3) is 5.01. The van der Waals surface area contributed by atoms with Crippen LogP contribution in [0.2, 0.25) is 0 Å². The minimum absolute atomic E-state index is 0.142. The van der Waals surface area contributed by atoms with Crippen LogP contribution in [-0.2, 0) is 9.53 Å². The molecule has 3 heterocycles. The van der Waals surface area contributed by atoms with Gasteiger partial charge in [-0.1, -0.05) is 36.7 Å². The molecule has 0 N–H and O–H groups in total. The summed E-state index contributed by atoms with van der Waals surface area (Å²) >= 11 is 1.52. The van der Waals surface area contributed by atoms with Gasteiger partial charge in [0.2, 0.25) is 5.91 Å². The van der Waals surface area contributed by atoms with E-state index in [4.69, 9.17) is 14.7 Å². The predicted molar refractivity (Wildman–Crippen MR) is 118 cm³/mol. The van der Waals surface area contributed by atoms with Crippen molar-refractivity contribution in [3.05, 3.63) is 24.3 Å². The third-order valence-electron chi connectivity index (χ3n) is 5.53. The number of morpholine rings is 1. The molecule has 0 radical (unpaired) electrons. The molecule has 1 amide bonds. The van der Waals surface area contributed by atoms with Crippen LogP contribution in [0, 0.1) is 0 Å². The van der Waals surface area contributed by atoms with Crippen molar-refractivity contribution in [3.8, 4) is 0 Å². The topological polar surface area (TPSA) is 58.6 Å². The Morgan fingerprint density at radius 3 is 2.31 bits per heavy atom. The fourth-order valence-electron chi connectivity index (χ4n) is 4.17. The molecule has 0 unspecified atom stereocenters. The Bertz CT molecular complexity index is 844. The van der Waals surface area contributed by atoms with Crippen LogP contribution in [-0.4, -0.2) is 64.9 Å².